The summed E-state index contributed by atoms with van der Waals surface area (Å²) in [7, 11) is 0. The smallest absolute Gasteiger partial charge is 0.344 e. The predicted octanol–water partition coefficient (Wildman–Crippen LogP) is 4.38. The van der Waals surface area contributed by atoms with Gasteiger partial charge in [-0.2, -0.15) is 0 Å². The number of aliphatic hydroxyl groups excluding tert-OH is 1. The van der Waals surface area contributed by atoms with Gasteiger partial charge in [0.05, 0.1) is 23.7 Å². The van der Waals surface area contributed by atoms with E-state index in [0.29, 0.717) is 13.1 Å². The number of carbonyl (C=O) groups excluding carboxylic acids is 4. The van der Waals surface area contributed by atoms with Crippen molar-refractivity contribution in [1.82, 2.24) is 9.80 Å². The summed E-state index contributed by atoms with van der Waals surface area (Å²) in [6.07, 6.45) is -6.57. The first-order chi connectivity index (χ1) is 28.1. The zero-order valence-electron chi connectivity index (χ0n) is 33.2. The van der Waals surface area contributed by atoms with Gasteiger partial charge in [0, 0.05) is 88.8 Å². The monoisotopic (exact) mass is 1040 g/mol. The largest absolute Gasteiger partial charge is 0.475 e. The predicted molar refractivity (Wildman–Crippen MR) is 211 cm³/mol. The molecule has 0 spiro atoms. The van der Waals surface area contributed by atoms with E-state index in [4.69, 9.17) is 28.4 Å². The molecule has 2 saturated heterocycles. The fraction of sp³-hybridized carbons (Fsp3) is 0.326. The van der Waals surface area contributed by atoms with Crippen LogP contribution in [0, 0.1) is 61.6 Å². The van der Waals surface area contributed by atoms with Crippen molar-refractivity contribution in [3.05, 3.63) is 149 Å². The molecule has 17 heteroatoms. The number of hydrogen-bond donors (Lipinski definition) is 1. The Kier molecular flexibility index (Phi) is 18.6. The quantitative estimate of drug-likeness (QED) is 0.0764. The van der Waals surface area contributed by atoms with Crippen molar-refractivity contribution in [2.45, 2.75) is 50.8 Å². The van der Waals surface area contributed by atoms with Crippen molar-refractivity contribution in [3.63, 3.8) is 0 Å². The molecule has 6 rings (SSSR count). The van der Waals surface area contributed by atoms with E-state index in [2.05, 4.69) is 0 Å². The van der Waals surface area contributed by atoms with E-state index < -0.39 is 72.4 Å². The molecule has 0 saturated carbocycles. The van der Waals surface area contributed by atoms with E-state index in [1.54, 1.807) is 35.2 Å². The summed E-state index contributed by atoms with van der Waals surface area (Å²) in [6.45, 7) is 1.50. The molecule has 0 aromatic heterocycles. The van der Waals surface area contributed by atoms with Crippen LogP contribution in [0.1, 0.15) is 38.8 Å². The average Bonchev–Trinajstić information content (AvgIpc) is 3.25. The summed E-state index contributed by atoms with van der Waals surface area (Å²) in [6, 6.07) is 30.1. The molecule has 60 heavy (non-hydrogen) atoms. The standard InChI is InChI=1S/C42H43N3O13.CH3.Ac/c1-28(46)43-19-21-44(22-20-43)40(49)32-17-18-34(33(23-32)45(51)52)53-27-36(47)54-26-35-38(55-24-29-11-5-2-6-12-29)37(48)39(58-41(50)31-15-9-4-10-16-31)42(57-35)56-25-30-13-7-3-8-14-30;;/h2-18,23,35,37-39,42,48H,19-22,24-27H2,1H3;1H3;/q;-1;/t35?,37-,38-,39?,42+;;/m0../s1. The van der Waals surface area contributed by atoms with Crippen molar-refractivity contribution in [1.29, 1.82) is 0 Å². The first-order valence-electron chi connectivity index (χ1n) is 18.6. The fourth-order valence-corrected chi connectivity index (χ4v) is 6.46. The van der Waals surface area contributed by atoms with Crippen LogP contribution in [0.4, 0.5) is 5.69 Å². The molecule has 2 fully saturated rings. The Morgan fingerprint density at radius 3 is 1.93 bits per heavy atom. The van der Waals surface area contributed by atoms with E-state index >= 15 is 0 Å². The third kappa shape index (κ3) is 12.9. The van der Waals surface area contributed by atoms with Crippen LogP contribution in [0.25, 0.3) is 0 Å². The van der Waals surface area contributed by atoms with Gasteiger partial charge in [0.15, 0.2) is 24.8 Å². The number of amides is 2. The number of benzene rings is 4. The number of aliphatic hydroxyl groups is 1. The van der Waals surface area contributed by atoms with E-state index in [1.165, 1.54) is 24.0 Å². The first kappa shape index (κ1) is 47.9. The van der Waals surface area contributed by atoms with Gasteiger partial charge >= 0.3 is 17.6 Å². The molecule has 4 aromatic rings. The van der Waals surface area contributed by atoms with Crippen LogP contribution in [0.2, 0.25) is 0 Å². The minimum Gasteiger partial charge on any atom is -0.475 e. The maximum absolute atomic E-state index is 13.2. The number of rotatable bonds is 15. The molecule has 2 amide bonds. The Morgan fingerprint density at radius 1 is 0.783 bits per heavy atom. The Bertz CT molecular complexity index is 2040. The molecule has 1 N–H and O–H groups in total. The van der Waals surface area contributed by atoms with Crippen LogP contribution in [0.3, 0.4) is 0 Å². The summed E-state index contributed by atoms with van der Waals surface area (Å²) in [4.78, 5) is 65.5. The van der Waals surface area contributed by atoms with Gasteiger partial charge in [-0.15, -0.1) is 0 Å². The minimum absolute atomic E-state index is 0. The SMILES string of the molecule is CC(=O)N1CCN(C(=O)c2ccc(OCC(=O)OCC3O[C@@H](OCc4ccccc4)C(OC(=O)c4ccccc4)[C@@H](O)[C@H]3OCc3ccccc3)c([N+](=O)[O-])c2)CC1.[Ac].[CH3-]. The van der Waals surface area contributed by atoms with Gasteiger partial charge in [-0.25, -0.2) is 9.59 Å². The van der Waals surface area contributed by atoms with Crippen molar-refractivity contribution in [3.8, 4) is 5.75 Å². The van der Waals surface area contributed by atoms with E-state index in [9.17, 15) is 34.4 Å². The topological polar surface area (TPSA) is 194 Å². The van der Waals surface area contributed by atoms with Gasteiger partial charge in [-0.3, -0.25) is 19.7 Å². The molecule has 0 aliphatic carbocycles. The normalized spacial score (nSPS) is 19.8. The number of ether oxygens (including phenoxy) is 6. The number of hydrogen-bond acceptors (Lipinski definition) is 13. The number of nitrogens with zero attached hydrogens (tertiary/aromatic N) is 3. The second-order valence-electron chi connectivity index (χ2n) is 13.5. The van der Waals surface area contributed by atoms with Crippen molar-refractivity contribution in [2.24, 2.45) is 0 Å². The molecular formula is C43H46AcN3O13-. The maximum Gasteiger partial charge on any atom is 0.344 e. The molecule has 2 aliphatic heterocycles. The van der Waals surface area contributed by atoms with Crippen molar-refractivity contribution >= 4 is 29.4 Å². The molecule has 2 unspecified atom stereocenters. The van der Waals surface area contributed by atoms with Crippen molar-refractivity contribution < 1.29 is 102 Å². The maximum atomic E-state index is 13.2. The van der Waals surface area contributed by atoms with Crippen LogP contribution in [0.15, 0.2) is 109 Å². The molecule has 0 bridgehead atoms. The van der Waals surface area contributed by atoms with Crippen LogP contribution in [0.5, 0.6) is 5.75 Å². The number of nitro benzene ring substituents is 1. The Morgan fingerprint density at radius 2 is 1.35 bits per heavy atom. The molecule has 4 aromatic carbocycles. The number of esters is 2. The minimum atomic E-state index is -1.52. The summed E-state index contributed by atoms with van der Waals surface area (Å²) in [5, 5.41) is 23.8. The van der Waals surface area contributed by atoms with E-state index in [-0.39, 0.29) is 101 Å². The van der Waals surface area contributed by atoms with E-state index in [0.717, 1.165) is 17.2 Å². The zero-order chi connectivity index (χ0) is 41.0. The van der Waals surface area contributed by atoms with Gasteiger partial charge in [-0.1, -0.05) is 78.9 Å². The Balaban J connectivity index is 0.00000397. The number of piperazine rings is 1. The van der Waals surface area contributed by atoms with Gasteiger partial charge in [0.25, 0.3) is 5.91 Å². The van der Waals surface area contributed by atoms with Crippen LogP contribution in [-0.4, -0.2) is 114 Å². The van der Waals surface area contributed by atoms with Gasteiger partial charge in [-0.05, 0) is 35.4 Å². The second kappa shape index (κ2) is 23.3. The Hall–Kier alpha value is -4.76. The molecule has 1 radical (unpaired) electrons. The number of carbonyl (C=O) groups is 4. The molecule has 2 heterocycles. The van der Waals surface area contributed by atoms with Crippen LogP contribution in [-0.2, 0) is 46.5 Å². The zero-order valence-corrected chi connectivity index (χ0v) is 37.9. The summed E-state index contributed by atoms with van der Waals surface area (Å²) < 4.78 is 35.3. The molecule has 16 nitrogen and oxygen atoms in total. The van der Waals surface area contributed by atoms with Gasteiger partial charge in [0.1, 0.15) is 24.9 Å². The fourth-order valence-electron chi connectivity index (χ4n) is 6.46. The van der Waals surface area contributed by atoms with Crippen LogP contribution >= 0.6 is 0 Å². The summed E-state index contributed by atoms with van der Waals surface area (Å²) >= 11 is 0. The first-order valence-corrected chi connectivity index (χ1v) is 18.6. The van der Waals surface area contributed by atoms with Gasteiger partial charge in [0.2, 0.25) is 5.91 Å². The number of nitro groups is 1. The van der Waals surface area contributed by atoms with Crippen molar-refractivity contribution in [2.75, 3.05) is 39.4 Å². The van der Waals surface area contributed by atoms with E-state index in [1.807, 2.05) is 60.7 Å². The third-order valence-corrected chi connectivity index (χ3v) is 9.58. The second-order valence-corrected chi connectivity index (χ2v) is 13.5. The molecular weight excluding hydrogens is 993 g/mol. The summed E-state index contributed by atoms with van der Waals surface area (Å²) in [5.41, 5.74) is 1.28. The molecule has 315 valence electrons. The third-order valence-electron chi connectivity index (χ3n) is 9.58. The average molecular weight is 1040 g/mol. The Labute approximate surface area is 383 Å². The molecule has 5 atom stereocenters. The summed E-state index contributed by atoms with van der Waals surface area (Å²) in [5.74, 6) is -2.48. The van der Waals surface area contributed by atoms with Crippen LogP contribution < -0.4 is 4.74 Å². The van der Waals surface area contributed by atoms with Gasteiger partial charge < -0.3 is 50.8 Å². The molecule has 2 aliphatic rings.